The van der Waals surface area contributed by atoms with Gasteiger partial charge < -0.3 is 5.11 Å². The third-order valence-corrected chi connectivity index (χ3v) is 4.34. The predicted molar refractivity (Wildman–Crippen MR) is 61.1 cm³/mol. The van der Waals surface area contributed by atoms with Crippen LogP contribution >= 0.6 is 27.3 Å². The second-order valence-corrected chi connectivity index (χ2v) is 5.52. The van der Waals surface area contributed by atoms with E-state index in [1.807, 2.05) is 10.8 Å². The van der Waals surface area contributed by atoms with E-state index < -0.39 is 0 Å². The molecule has 1 rings (SSSR count). The number of halogens is 1. The van der Waals surface area contributed by atoms with E-state index in [0.717, 1.165) is 16.5 Å². The quantitative estimate of drug-likeness (QED) is 0.874. The van der Waals surface area contributed by atoms with E-state index in [0.29, 0.717) is 0 Å². The molecule has 0 aromatic carbocycles. The van der Waals surface area contributed by atoms with Gasteiger partial charge in [-0.3, -0.25) is 0 Å². The summed E-state index contributed by atoms with van der Waals surface area (Å²) in [5.41, 5.74) is 0.959. The first-order chi connectivity index (χ1) is 5.99. The van der Waals surface area contributed by atoms with Crippen LogP contribution in [0, 0.1) is 5.41 Å². The Hall–Kier alpha value is 0.140. The van der Waals surface area contributed by atoms with Gasteiger partial charge in [0.15, 0.2) is 0 Å². The molecule has 0 aliphatic heterocycles. The van der Waals surface area contributed by atoms with Crippen molar-refractivity contribution in [2.75, 3.05) is 0 Å². The molecule has 1 unspecified atom stereocenters. The monoisotopic (exact) mass is 262 g/mol. The molecule has 0 saturated carbocycles. The third-order valence-electron chi connectivity index (χ3n) is 2.59. The van der Waals surface area contributed by atoms with Crippen LogP contribution in [0.5, 0.6) is 0 Å². The first-order valence-electron chi connectivity index (χ1n) is 4.38. The SMILES string of the molecule is CCC(C)(C)C(O)c1cscc1Br. The van der Waals surface area contributed by atoms with Gasteiger partial charge in [0.1, 0.15) is 0 Å². The fourth-order valence-electron chi connectivity index (χ4n) is 1.10. The van der Waals surface area contributed by atoms with Crippen LogP contribution in [0.25, 0.3) is 0 Å². The number of aliphatic hydroxyl groups is 1. The van der Waals surface area contributed by atoms with Crippen molar-refractivity contribution in [1.82, 2.24) is 0 Å². The van der Waals surface area contributed by atoms with Gasteiger partial charge in [0.25, 0.3) is 0 Å². The molecular weight excluding hydrogens is 248 g/mol. The van der Waals surface area contributed by atoms with Gasteiger partial charge in [-0.05, 0) is 33.1 Å². The van der Waals surface area contributed by atoms with E-state index in [4.69, 9.17) is 0 Å². The van der Waals surface area contributed by atoms with Crippen molar-refractivity contribution in [3.63, 3.8) is 0 Å². The Morgan fingerprint density at radius 3 is 2.54 bits per heavy atom. The molecule has 0 amide bonds. The minimum Gasteiger partial charge on any atom is -0.388 e. The molecule has 0 radical (unpaired) electrons. The Labute approximate surface area is 91.9 Å². The van der Waals surface area contributed by atoms with E-state index in [2.05, 4.69) is 36.7 Å². The van der Waals surface area contributed by atoms with Gasteiger partial charge in [-0.1, -0.05) is 20.8 Å². The van der Waals surface area contributed by atoms with Crippen molar-refractivity contribution in [2.45, 2.75) is 33.3 Å². The largest absolute Gasteiger partial charge is 0.388 e. The van der Waals surface area contributed by atoms with E-state index in [9.17, 15) is 5.11 Å². The zero-order chi connectivity index (χ0) is 10.1. The highest BCUT2D eigenvalue weighted by atomic mass is 79.9. The number of hydrogen-bond acceptors (Lipinski definition) is 2. The molecule has 1 nitrogen and oxygen atoms in total. The summed E-state index contributed by atoms with van der Waals surface area (Å²) in [7, 11) is 0. The molecule has 0 aliphatic carbocycles. The summed E-state index contributed by atoms with van der Waals surface area (Å²) < 4.78 is 1.02. The fourth-order valence-corrected chi connectivity index (χ4v) is 2.63. The van der Waals surface area contributed by atoms with Crippen LogP contribution in [0.3, 0.4) is 0 Å². The minimum atomic E-state index is -0.377. The molecule has 0 fully saturated rings. The number of aliphatic hydroxyl groups excluding tert-OH is 1. The molecule has 1 N–H and O–H groups in total. The summed E-state index contributed by atoms with van der Waals surface area (Å²) in [5.74, 6) is 0. The first-order valence-corrected chi connectivity index (χ1v) is 6.12. The Morgan fingerprint density at radius 1 is 1.54 bits per heavy atom. The smallest absolute Gasteiger partial charge is 0.0859 e. The highest BCUT2D eigenvalue weighted by molar-refractivity contribution is 9.10. The maximum atomic E-state index is 10.1. The van der Waals surface area contributed by atoms with Gasteiger partial charge in [-0.25, -0.2) is 0 Å². The van der Waals surface area contributed by atoms with Gasteiger partial charge in [0.05, 0.1) is 6.10 Å². The Balaban J connectivity index is 2.91. The Morgan fingerprint density at radius 2 is 2.15 bits per heavy atom. The molecule has 1 aromatic heterocycles. The van der Waals surface area contributed by atoms with Crippen molar-refractivity contribution >= 4 is 27.3 Å². The van der Waals surface area contributed by atoms with Gasteiger partial charge in [-0.15, -0.1) is 0 Å². The number of thiophene rings is 1. The summed E-state index contributed by atoms with van der Waals surface area (Å²) in [6.07, 6.45) is 0.592. The molecule has 3 heteroatoms. The van der Waals surface area contributed by atoms with Crippen molar-refractivity contribution in [3.05, 3.63) is 20.8 Å². The fraction of sp³-hybridized carbons (Fsp3) is 0.600. The average molecular weight is 263 g/mol. The summed E-state index contributed by atoms with van der Waals surface area (Å²) >= 11 is 5.05. The molecule has 0 bridgehead atoms. The molecule has 0 spiro atoms. The maximum absolute atomic E-state index is 10.1. The molecule has 1 heterocycles. The second kappa shape index (κ2) is 4.11. The van der Waals surface area contributed by atoms with Crippen LogP contribution in [0.2, 0.25) is 0 Å². The highest BCUT2D eigenvalue weighted by Crippen LogP contribution is 2.40. The van der Waals surface area contributed by atoms with Crippen LogP contribution in [-0.2, 0) is 0 Å². The van der Waals surface area contributed by atoms with Crippen LogP contribution in [0.1, 0.15) is 38.9 Å². The van der Waals surface area contributed by atoms with Crippen molar-refractivity contribution in [2.24, 2.45) is 5.41 Å². The first kappa shape index (κ1) is 11.2. The second-order valence-electron chi connectivity index (χ2n) is 3.92. The van der Waals surface area contributed by atoms with Crippen LogP contribution < -0.4 is 0 Å². The maximum Gasteiger partial charge on any atom is 0.0859 e. The predicted octanol–water partition coefficient (Wildman–Crippen LogP) is 3.98. The molecule has 1 aromatic rings. The van der Waals surface area contributed by atoms with Crippen molar-refractivity contribution in [3.8, 4) is 0 Å². The average Bonchev–Trinajstić information content (AvgIpc) is 2.50. The van der Waals surface area contributed by atoms with Gasteiger partial charge in [-0.2, -0.15) is 11.3 Å². The summed E-state index contributed by atoms with van der Waals surface area (Å²) in [6.45, 7) is 6.27. The van der Waals surface area contributed by atoms with Gasteiger partial charge >= 0.3 is 0 Å². The molecule has 13 heavy (non-hydrogen) atoms. The van der Waals surface area contributed by atoms with E-state index in [-0.39, 0.29) is 11.5 Å². The lowest BCUT2D eigenvalue weighted by Crippen LogP contribution is -2.20. The summed E-state index contributed by atoms with van der Waals surface area (Å²) in [5, 5.41) is 14.1. The van der Waals surface area contributed by atoms with Crippen LogP contribution in [0.15, 0.2) is 15.2 Å². The number of hydrogen-bond donors (Lipinski definition) is 1. The van der Waals surface area contributed by atoms with Crippen LogP contribution in [0.4, 0.5) is 0 Å². The number of rotatable bonds is 3. The lowest BCUT2D eigenvalue weighted by atomic mass is 9.81. The standard InChI is InChI=1S/C10H15BrOS/c1-4-10(2,3)9(12)7-5-13-6-8(7)11/h5-6,9,12H,4H2,1-3H3. The van der Waals surface area contributed by atoms with E-state index in [1.54, 1.807) is 11.3 Å². The zero-order valence-electron chi connectivity index (χ0n) is 8.17. The summed E-state index contributed by atoms with van der Waals surface area (Å²) in [4.78, 5) is 0. The van der Waals surface area contributed by atoms with E-state index >= 15 is 0 Å². The molecular formula is C10H15BrOS. The topological polar surface area (TPSA) is 20.2 Å². The summed E-state index contributed by atoms with van der Waals surface area (Å²) in [6, 6.07) is 0. The van der Waals surface area contributed by atoms with Gasteiger partial charge in [0, 0.05) is 15.4 Å². The van der Waals surface area contributed by atoms with E-state index in [1.165, 1.54) is 0 Å². The van der Waals surface area contributed by atoms with Crippen molar-refractivity contribution < 1.29 is 5.11 Å². The Kier molecular flexibility index (Phi) is 3.55. The minimum absolute atomic E-state index is 0.0520. The van der Waals surface area contributed by atoms with Gasteiger partial charge in [0.2, 0.25) is 0 Å². The molecule has 0 saturated heterocycles. The third kappa shape index (κ3) is 2.33. The molecule has 74 valence electrons. The molecule has 1 atom stereocenters. The lowest BCUT2D eigenvalue weighted by Gasteiger charge is -2.29. The molecule has 0 aliphatic rings. The lowest BCUT2D eigenvalue weighted by molar-refractivity contribution is 0.0463. The normalized spacial score (nSPS) is 14.5. The zero-order valence-corrected chi connectivity index (χ0v) is 10.6. The Bertz CT molecular complexity index is 280. The van der Waals surface area contributed by atoms with Crippen LogP contribution in [-0.4, -0.2) is 5.11 Å². The highest BCUT2D eigenvalue weighted by Gasteiger charge is 2.28. The van der Waals surface area contributed by atoms with Crippen molar-refractivity contribution in [1.29, 1.82) is 0 Å².